The van der Waals surface area contributed by atoms with Crippen LogP contribution in [-0.2, 0) is 6.18 Å². The molecule has 2 aromatic rings. The molecule has 0 amide bonds. The molecule has 0 saturated heterocycles. The average Bonchev–Trinajstić information content (AvgIpc) is 2.92. The lowest BCUT2D eigenvalue weighted by Crippen LogP contribution is -2.15. The number of fused-ring (bicyclic) bond motifs is 3. The largest absolute Gasteiger partial charge is 0.461 e. The van der Waals surface area contributed by atoms with E-state index in [1.165, 1.54) is 12.3 Å². The summed E-state index contributed by atoms with van der Waals surface area (Å²) in [6.45, 7) is 0. The van der Waals surface area contributed by atoms with Gasteiger partial charge in [0.05, 0.1) is 11.1 Å². The van der Waals surface area contributed by atoms with E-state index in [0.717, 1.165) is 16.7 Å². The number of hydrogen-bond acceptors (Lipinski definition) is 3. The lowest BCUT2D eigenvalue weighted by molar-refractivity contribution is -0.137. The second kappa shape index (κ2) is 4.95. The Labute approximate surface area is 133 Å². The van der Waals surface area contributed by atoms with E-state index in [0.29, 0.717) is 16.9 Å². The molecule has 0 spiro atoms. The number of benzene rings is 2. The van der Waals surface area contributed by atoms with Crippen LogP contribution < -0.4 is 5.69 Å². The van der Waals surface area contributed by atoms with Crippen LogP contribution >= 0.6 is 0 Å². The maximum absolute atomic E-state index is 13.0. The Bertz CT molecular complexity index is 1060. The SMILES string of the molecule is O=c1nc(-c2ccccc2)c2coc3ccc(C(F)(F)F)cc3n1-2. The first-order valence-corrected chi connectivity index (χ1v) is 7.02. The molecule has 0 atom stereocenters. The topological polar surface area (TPSA) is 48.0 Å². The fourth-order valence-electron chi connectivity index (χ4n) is 2.65. The van der Waals surface area contributed by atoms with Gasteiger partial charge in [0, 0.05) is 5.56 Å². The highest BCUT2D eigenvalue weighted by Gasteiger charge is 2.31. The highest BCUT2D eigenvalue weighted by atomic mass is 19.4. The number of imidazole rings is 1. The van der Waals surface area contributed by atoms with Gasteiger partial charge in [-0.3, -0.25) is 4.57 Å². The zero-order valence-corrected chi connectivity index (χ0v) is 12.0. The van der Waals surface area contributed by atoms with Gasteiger partial charge in [0.1, 0.15) is 17.6 Å². The van der Waals surface area contributed by atoms with Gasteiger partial charge >= 0.3 is 11.9 Å². The Morgan fingerprint density at radius 1 is 1.04 bits per heavy atom. The van der Waals surface area contributed by atoms with Crippen molar-refractivity contribution in [2.45, 2.75) is 6.18 Å². The molecule has 0 saturated carbocycles. The van der Waals surface area contributed by atoms with Crippen LogP contribution in [0.1, 0.15) is 5.56 Å². The molecule has 4 nitrogen and oxygen atoms in total. The van der Waals surface area contributed by atoms with Crippen molar-refractivity contribution in [1.29, 1.82) is 0 Å². The number of rotatable bonds is 1. The average molecular weight is 330 g/mol. The lowest BCUT2D eigenvalue weighted by Gasteiger charge is -2.11. The van der Waals surface area contributed by atoms with Crippen molar-refractivity contribution in [3.8, 4) is 16.9 Å². The molecule has 0 fully saturated rings. The fraction of sp³-hybridized carbons (Fsp3) is 0.0588. The van der Waals surface area contributed by atoms with E-state index in [9.17, 15) is 18.0 Å². The van der Waals surface area contributed by atoms with Gasteiger partial charge in [0.15, 0.2) is 5.58 Å². The van der Waals surface area contributed by atoms with E-state index in [1.807, 2.05) is 6.07 Å². The number of nitrogens with zero attached hydrogens (tertiary/aromatic N) is 2. The van der Waals surface area contributed by atoms with E-state index >= 15 is 0 Å². The third-order valence-corrected chi connectivity index (χ3v) is 3.75. The van der Waals surface area contributed by atoms with Gasteiger partial charge in [-0.25, -0.2) is 4.79 Å². The van der Waals surface area contributed by atoms with Crippen molar-refractivity contribution in [2.75, 3.05) is 0 Å². The van der Waals surface area contributed by atoms with E-state index in [-0.39, 0.29) is 11.1 Å². The normalized spacial score (nSPS) is 12.1. The molecule has 0 aromatic heterocycles. The summed E-state index contributed by atoms with van der Waals surface area (Å²) in [6.07, 6.45) is -3.19. The molecule has 0 N–H and O–H groups in total. The Morgan fingerprint density at radius 3 is 2.50 bits per heavy atom. The molecule has 0 radical (unpaired) electrons. The molecule has 24 heavy (non-hydrogen) atoms. The van der Waals surface area contributed by atoms with E-state index in [2.05, 4.69) is 4.98 Å². The summed E-state index contributed by atoms with van der Waals surface area (Å²) in [7, 11) is 0. The van der Waals surface area contributed by atoms with Gasteiger partial charge in [0.25, 0.3) is 0 Å². The van der Waals surface area contributed by atoms with Crippen molar-refractivity contribution in [2.24, 2.45) is 0 Å². The van der Waals surface area contributed by atoms with Crippen LogP contribution in [0.2, 0.25) is 0 Å². The third kappa shape index (κ3) is 2.17. The second-order valence-corrected chi connectivity index (χ2v) is 5.25. The van der Waals surface area contributed by atoms with Gasteiger partial charge in [0.2, 0.25) is 0 Å². The summed E-state index contributed by atoms with van der Waals surface area (Å²) >= 11 is 0. The summed E-state index contributed by atoms with van der Waals surface area (Å²) in [4.78, 5) is 16.2. The molecule has 2 aliphatic rings. The van der Waals surface area contributed by atoms with Crippen LogP contribution in [0.25, 0.3) is 28.0 Å². The first-order chi connectivity index (χ1) is 11.4. The van der Waals surface area contributed by atoms with Crippen molar-refractivity contribution in [1.82, 2.24) is 9.55 Å². The minimum absolute atomic E-state index is 0.0296. The minimum Gasteiger partial charge on any atom is -0.461 e. The maximum Gasteiger partial charge on any atom is 0.416 e. The Hall–Kier alpha value is -3.09. The molecule has 0 bridgehead atoms. The molecule has 2 aromatic carbocycles. The number of hydrogen-bond donors (Lipinski definition) is 0. The molecule has 2 aliphatic heterocycles. The predicted molar refractivity (Wildman–Crippen MR) is 81.2 cm³/mol. The summed E-state index contributed by atoms with van der Waals surface area (Å²) in [5.41, 5.74) is 0.0583. The molecule has 7 heteroatoms. The summed E-state index contributed by atoms with van der Waals surface area (Å²) in [5, 5.41) is 0. The Kier molecular flexibility index (Phi) is 2.99. The highest BCUT2D eigenvalue weighted by Crippen LogP contribution is 2.33. The van der Waals surface area contributed by atoms with Crippen LogP contribution in [0.3, 0.4) is 0 Å². The van der Waals surface area contributed by atoms with Crippen LogP contribution in [0.5, 0.6) is 0 Å². The molecule has 0 aliphatic carbocycles. The molecule has 2 heterocycles. The number of alkyl halides is 3. The number of aromatic nitrogens is 2. The van der Waals surface area contributed by atoms with Crippen LogP contribution in [0, 0.1) is 0 Å². The van der Waals surface area contributed by atoms with E-state index in [4.69, 9.17) is 4.42 Å². The summed E-state index contributed by atoms with van der Waals surface area (Å²) in [5.74, 6) is 0. The smallest absolute Gasteiger partial charge is 0.416 e. The molecule has 4 rings (SSSR count). The second-order valence-electron chi connectivity index (χ2n) is 5.25. The van der Waals surface area contributed by atoms with Gasteiger partial charge in [-0.1, -0.05) is 30.3 Å². The maximum atomic E-state index is 13.0. The number of halogens is 3. The monoisotopic (exact) mass is 330 g/mol. The molecule has 0 unspecified atom stereocenters. The van der Waals surface area contributed by atoms with Gasteiger partial charge in [-0.05, 0) is 18.2 Å². The molecule has 120 valence electrons. The van der Waals surface area contributed by atoms with Crippen LogP contribution in [0.15, 0.2) is 64.0 Å². The van der Waals surface area contributed by atoms with Crippen LogP contribution in [-0.4, -0.2) is 9.55 Å². The van der Waals surface area contributed by atoms with E-state index < -0.39 is 17.4 Å². The quantitative estimate of drug-likeness (QED) is 0.528. The molecular formula is C17H9F3N2O2. The van der Waals surface area contributed by atoms with Crippen molar-refractivity contribution in [3.05, 3.63) is 70.8 Å². The van der Waals surface area contributed by atoms with Gasteiger partial charge < -0.3 is 4.42 Å². The highest BCUT2D eigenvalue weighted by molar-refractivity contribution is 5.80. The summed E-state index contributed by atoms with van der Waals surface area (Å²) < 4.78 is 45.4. The lowest BCUT2D eigenvalue weighted by atomic mass is 10.1. The van der Waals surface area contributed by atoms with Crippen LogP contribution in [0.4, 0.5) is 13.2 Å². The minimum atomic E-state index is -4.51. The standard InChI is InChI=1S/C17H9F3N2O2/c18-17(19,20)11-6-7-14-12(8-11)22-13(9-24-14)15(21-16(22)23)10-4-2-1-3-5-10/h1-9H. The molecular weight excluding hydrogens is 321 g/mol. The zero-order chi connectivity index (χ0) is 16.9. The van der Waals surface area contributed by atoms with Crippen molar-refractivity contribution < 1.29 is 17.6 Å². The van der Waals surface area contributed by atoms with Gasteiger partial charge in [-0.2, -0.15) is 18.2 Å². The van der Waals surface area contributed by atoms with Crippen molar-refractivity contribution >= 4 is 11.1 Å². The summed E-state index contributed by atoms with van der Waals surface area (Å²) in [6, 6.07) is 11.9. The first kappa shape index (κ1) is 14.5. The van der Waals surface area contributed by atoms with Gasteiger partial charge in [-0.15, -0.1) is 0 Å². The Morgan fingerprint density at radius 2 is 1.79 bits per heavy atom. The van der Waals surface area contributed by atoms with Crippen molar-refractivity contribution in [3.63, 3.8) is 0 Å². The fourth-order valence-corrected chi connectivity index (χ4v) is 2.65. The predicted octanol–water partition coefficient (Wildman–Crippen LogP) is 4.10. The first-order valence-electron chi connectivity index (χ1n) is 7.02. The zero-order valence-electron chi connectivity index (χ0n) is 12.0. The third-order valence-electron chi connectivity index (χ3n) is 3.75. The van der Waals surface area contributed by atoms with E-state index in [1.54, 1.807) is 24.3 Å². The Balaban J connectivity index is 2.03.